The van der Waals surface area contributed by atoms with Gasteiger partial charge in [0, 0.05) is 23.1 Å². The van der Waals surface area contributed by atoms with Gasteiger partial charge >= 0.3 is 0 Å². The van der Waals surface area contributed by atoms with Crippen LogP contribution >= 0.6 is 23.2 Å². The van der Waals surface area contributed by atoms with Gasteiger partial charge in [-0.3, -0.25) is 0 Å². The summed E-state index contributed by atoms with van der Waals surface area (Å²) in [6.45, 7) is 4.26. The van der Waals surface area contributed by atoms with E-state index >= 15 is 0 Å². The van der Waals surface area contributed by atoms with E-state index in [9.17, 15) is 0 Å². The Morgan fingerprint density at radius 2 is 1.72 bits per heavy atom. The van der Waals surface area contributed by atoms with Gasteiger partial charge in [0.25, 0.3) is 0 Å². The largest absolute Gasteiger partial charge is 0.312 e. The lowest BCUT2D eigenvalue weighted by atomic mass is 9.83. The van der Waals surface area contributed by atoms with Crippen molar-refractivity contribution in [3.05, 3.63) is 33.8 Å². The Hall–Kier alpha value is -0.240. The van der Waals surface area contributed by atoms with Crippen LogP contribution in [0.4, 0.5) is 0 Å². The number of hydrogen-bond acceptors (Lipinski definition) is 1. The Labute approximate surface area is 120 Å². The Kier molecular flexibility index (Phi) is 4.94. The fourth-order valence-electron chi connectivity index (χ4n) is 2.97. The van der Waals surface area contributed by atoms with Crippen molar-refractivity contribution < 1.29 is 0 Å². The molecule has 0 heterocycles. The lowest BCUT2D eigenvalue weighted by Crippen LogP contribution is -2.31. The molecule has 0 atom stereocenters. The molecule has 0 amide bonds. The van der Waals surface area contributed by atoms with Gasteiger partial charge in [-0.05, 0) is 48.4 Å². The van der Waals surface area contributed by atoms with E-state index in [0.717, 1.165) is 18.7 Å². The van der Waals surface area contributed by atoms with E-state index in [1.165, 1.54) is 32.1 Å². The van der Waals surface area contributed by atoms with Crippen LogP contribution in [0.1, 0.15) is 44.6 Å². The quantitative estimate of drug-likeness (QED) is 0.798. The molecule has 0 radical (unpaired) electrons. The number of hydrogen-bond donors (Lipinski definition) is 1. The van der Waals surface area contributed by atoms with Crippen molar-refractivity contribution in [3.8, 4) is 0 Å². The van der Waals surface area contributed by atoms with Crippen LogP contribution in [0.3, 0.4) is 0 Å². The molecule has 1 nitrogen and oxygen atoms in total. The van der Waals surface area contributed by atoms with Crippen molar-refractivity contribution in [2.24, 2.45) is 5.41 Å². The molecule has 2 rings (SSSR count). The van der Waals surface area contributed by atoms with Crippen molar-refractivity contribution >= 4 is 23.2 Å². The number of halogens is 2. The molecule has 3 heteroatoms. The second kappa shape index (κ2) is 6.27. The standard InChI is InChI=1S/C15H21Cl2N/c1-2-15(5-3-4-6-15)11-18-10-12-7-13(16)9-14(17)8-12/h7-9,18H,2-6,10-11H2,1H3. The maximum atomic E-state index is 6.00. The molecule has 1 fully saturated rings. The lowest BCUT2D eigenvalue weighted by molar-refractivity contribution is 0.268. The Bertz CT molecular complexity index is 377. The van der Waals surface area contributed by atoms with Gasteiger partial charge in [-0.1, -0.05) is 43.0 Å². The molecule has 1 aromatic rings. The van der Waals surface area contributed by atoms with Gasteiger partial charge in [0.2, 0.25) is 0 Å². The SMILES string of the molecule is CCC1(CNCc2cc(Cl)cc(Cl)c2)CCCC1. The third-order valence-electron chi connectivity index (χ3n) is 4.17. The second-order valence-corrected chi connectivity index (χ2v) is 6.31. The molecule has 1 aliphatic rings. The van der Waals surface area contributed by atoms with Crippen molar-refractivity contribution in [2.75, 3.05) is 6.54 Å². The molecule has 0 unspecified atom stereocenters. The lowest BCUT2D eigenvalue weighted by Gasteiger charge is -2.27. The summed E-state index contributed by atoms with van der Waals surface area (Å²) >= 11 is 12.0. The predicted molar refractivity (Wildman–Crippen MR) is 79.4 cm³/mol. The van der Waals surface area contributed by atoms with Gasteiger partial charge < -0.3 is 5.32 Å². The first kappa shape index (κ1) is 14.2. The molecule has 1 aliphatic carbocycles. The number of nitrogens with one attached hydrogen (secondary N) is 1. The fraction of sp³-hybridized carbons (Fsp3) is 0.600. The Morgan fingerprint density at radius 3 is 2.28 bits per heavy atom. The highest BCUT2D eigenvalue weighted by molar-refractivity contribution is 6.34. The summed E-state index contributed by atoms with van der Waals surface area (Å²) in [5, 5.41) is 5.00. The molecule has 0 aromatic heterocycles. The van der Waals surface area contributed by atoms with Crippen LogP contribution in [-0.2, 0) is 6.54 Å². The third kappa shape index (κ3) is 3.63. The van der Waals surface area contributed by atoms with E-state index in [0.29, 0.717) is 15.5 Å². The molecular weight excluding hydrogens is 265 g/mol. The highest BCUT2D eigenvalue weighted by Crippen LogP contribution is 2.40. The first-order valence-corrected chi connectivity index (χ1v) is 7.55. The van der Waals surface area contributed by atoms with Gasteiger partial charge in [-0.2, -0.15) is 0 Å². The summed E-state index contributed by atoms with van der Waals surface area (Å²) in [7, 11) is 0. The van der Waals surface area contributed by atoms with E-state index < -0.39 is 0 Å². The highest BCUT2D eigenvalue weighted by Gasteiger charge is 2.31. The van der Waals surface area contributed by atoms with Gasteiger partial charge in [-0.15, -0.1) is 0 Å². The summed E-state index contributed by atoms with van der Waals surface area (Å²) in [6, 6.07) is 5.73. The van der Waals surface area contributed by atoms with Gasteiger partial charge in [-0.25, -0.2) is 0 Å². The van der Waals surface area contributed by atoms with Crippen LogP contribution in [0, 0.1) is 5.41 Å². The second-order valence-electron chi connectivity index (χ2n) is 5.44. The third-order valence-corrected chi connectivity index (χ3v) is 4.60. The summed E-state index contributed by atoms with van der Waals surface area (Å²) < 4.78 is 0. The van der Waals surface area contributed by atoms with Crippen LogP contribution in [0.25, 0.3) is 0 Å². The van der Waals surface area contributed by atoms with Crippen LogP contribution in [0.2, 0.25) is 10.0 Å². The summed E-state index contributed by atoms with van der Waals surface area (Å²) in [4.78, 5) is 0. The normalized spacial score (nSPS) is 18.2. The van der Waals surface area contributed by atoms with Gasteiger partial charge in [0.1, 0.15) is 0 Å². The zero-order valence-corrected chi connectivity index (χ0v) is 12.4. The average Bonchev–Trinajstić information content (AvgIpc) is 2.77. The van der Waals surface area contributed by atoms with E-state index in [2.05, 4.69) is 12.2 Å². The maximum Gasteiger partial charge on any atom is 0.0424 e. The molecule has 100 valence electrons. The zero-order valence-electron chi connectivity index (χ0n) is 10.9. The van der Waals surface area contributed by atoms with Crippen molar-refractivity contribution in [1.29, 1.82) is 0 Å². The van der Waals surface area contributed by atoms with E-state index in [4.69, 9.17) is 23.2 Å². The first-order valence-electron chi connectivity index (χ1n) is 6.79. The topological polar surface area (TPSA) is 12.0 Å². The summed E-state index contributed by atoms with van der Waals surface area (Å²) in [6.07, 6.45) is 6.78. The minimum Gasteiger partial charge on any atom is -0.312 e. The van der Waals surface area contributed by atoms with Crippen LogP contribution in [0.15, 0.2) is 18.2 Å². The van der Waals surface area contributed by atoms with Crippen molar-refractivity contribution in [3.63, 3.8) is 0 Å². The first-order chi connectivity index (χ1) is 8.63. The van der Waals surface area contributed by atoms with Crippen molar-refractivity contribution in [1.82, 2.24) is 5.32 Å². The molecule has 0 spiro atoms. The van der Waals surface area contributed by atoms with Crippen LogP contribution in [-0.4, -0.2) is 6.54 Å². The minimum absolute atomic E-state index is 0.530. The van der Waals surface area contributed by atoms with Gasteiger partial charge in [0.05, 0.1) is 0 Å². The molecule has 0 aliphatic heterocycles. The Balaban J connectivity index is 1.87. The zero-order chi connectivity index (χ0) is 13.0. The molecule has 0 bridgehead atoms. The smallest absolute Gasteiger partial charge is 0.0424 e. The highest BCUT2D eigenvalue weighted by atomic mass is 35.5. The minimum atomic E-state index is 0.530. The Morgan fingerprint density at radius 1 is 1.11 bits per heavy atom. The maximum absolute atomic E-state index is 6.00. The van der Waals surface area contributed by atoms with E-state index in [1.807, 2.05) is 12.1 Å². The van der Waals surface area contributed by atoms with Gasteiger partial charge in [0.15, 0.2) is 0 Å². The predicted octanol–water partition coefficient (Wildman–Crippen LogP) is 5.05. The molecular formula is C15H21Cl2N. The monoisotopic (exact) mass is 285 g/mol. The van der Waals surface area contributed by atoms with E-state index in [1.54, 1.807) is 6.07 Å². The number of benzene rings is 1. The average molecular weight is 286 g/mol. The summed E-state index contributed by atoms with van der Waals surface area (Å²) in [5.41, 5.74) is 1.69. The fourth-order valence-corrected chi connectivity index (χ4v) is 3.54. The molecule has 1 aromatic carbocycles. The number of rotatable bonds is 5. The molecule has 1 saturated carbocycles. The molecule has 18 heavy (non-hydrogen) atoms. The molecule has 0 saturated heterocycles. The molecule has 1 N–H and O–H groups in total. The van der Waals surface area contributed by atoms with Crippen LogP contribution in [0.5, 0.6) is 0 Å². The van der Waals surface area contributed by atoms with Crippen LogP contribution < -0.4 is 5.32 Å². The summed E-state index contributed by atoms with van der Waals surface area (Å²) in [5.74, 6) is 0. The van der Waals surface area contributed by atoms with Crippen molar-refractivity contribution in [2.45, 2.75) is 45.6 Å². The van der Waals surface area contributed by atoms with E-state index in [-0.39, 0.29) is 0 Å².